The molecule has 0 radical (unpaired) electrons. The van der Waals surface area contributed by atoms with Crippen molar-refractivity contribution < 1.29 is 9.90 Å². The highest BCUT2D eigenvalue weighted by Crippen LogP contribution is 2.31. The number of nitrogens with two attached hydrogens (primary N) is 2. The molecule has 1 atom stereocenters. The Bertz CT molecular complexity index is 159. The number of aliphatic hydroxyl groups is 1. The molecule has 0 aromatic heterocycles. The Morgan fingerprint density at radius 2 is 2.00 bits per heavy atom. The van der Waals surface area contributed by atoms with Crippen LogP contribution in [0.4, 0.5) is 0 Å². The Morgan fingerprint density at radius 3 is 2.09 bits per heavy atom. The van der Waals surface area contributed by atoms with Crippen LogP contribution in [0.5, 0.6) is 0 Å². The maximum absolute atomic E-state index is 10.4. The first-order valence-electron chi connectivity index (χ1n) is 3.32. The van der Waals surface area contributed by atoms with Crippen LogP contribution in [-0.4, -0.2) is 22.7 Å². The van der Waals surface area contributed by atoms with Gasteiger partial charge in [0.2, 0.25) is 5.91 Å². The summed E-state index contributed by atoms with van der Waals surface area (Å²) >= 11 is 0. The van der Waals surface area contributed by atoms with Crippen LogP contribution in [0.1, 0.15) is 19.3 Å². The quantitative estimate of drug-likeness (QED) is 0.517. The van der Waals surface area contributed by atoms with Gasteiger partial charge in [-0.15, -0.1) is 12.4 Å². The standard InChI is InChI=1S/C6H12N2O2.ClH/c7-5(10)4(9)6(8)2-1-3-6;/h4,9H,1-3,8H2,(H2,7,10);1H. The van der Waals surface area contributed by atoms with Crippen molar-refractivity contribution in [1.29, 1.82) is 0 Å². The van der Waals surface area contributed by atoms with E-state index in [-0.39, 0.29) is 12.4 Å². The SMILES string of the molecule is Cl.NC(=O)C(O)C1(N)CCC1. The fraction of sp³-hybridized carbons (Fsp3) is 0.833. The third-order valence-corrected chi connectivity index (χ3v) is 2.10. The van der Waals surface area contributed by atoms with E-state index in [1.807, 2.05) is 0 Å². The van der Waals surface area contributed by atoms with Crippen molar-refractivity contribution in [2.24, 2.45) is 11.5 Å². The van der Waals surface area contributed by atoms with E-state index in [1.165, 1.54) is 0 Å². The summed E-state index contributed by atoms with van der Waals surface area (Å²) in [6.07, 6.45) is 1.19. The van der Waals surface area contributed by atoms with Crippen molar-refractivity contribution in [3.8, 4) is 0 Å². The highest BCUT2D eigenvalue weighted by atomic mass is 35.5. The van der Waals surface area contributed by atoms with Crippen molar-refractivity contribution in [3.63, 3.8) is 0 Å². The molecule has 0 aromatic rings. The summed E-state index contributed by atoms with van der Waals surface area (Å²) in [5.41, 5.74) is 9.74. The van der Waals surface area contributed by atoms with Gasteiger partial charge in [-0.05, 0) is 19.3 Å². The smallest absolute Gasteiger partial charge is 0.248 e. The minimum Gasteiger partial charge on any atom is -0.381 e. The number of carbonyl (C=O) groups excluding carboxylic acids is 1. The van der Waals surface area contributed by atoms with Gasteiger partial charge in [-0.3, -0.25) is 4.79 Å². The van der Waals surface area contributed by atoms with Crippen LogP contribution in [0.25, 0.3) is 0 Å². The van der Waals surface area contributed by atoms with Gasteiger partial charge >= 0.3 is 0 Å². The molecule has 0 bridgehead atoms. The van der Waals surface area contributed by atoms with E-state index in [0.29, 0.717) is 12.8 Å². The van der Waals surface area contributed by atoms with E-state index >= 15 is 0 Å². The molecule has 66 valence electrons. The molecule has 0 spiro atoms. The minimum atomic E-state index is -1.17. The molecule has 5 heteroatoms. The molecule has 0 aliphatic heterocycles. The highest BCUT2D eigenvalue weighted by molar-refractivity contribution is 5.85. The van der Waals surface area contributed by atoms with Crippen LogP contribution in [0.2, 0.25) is 0 Å². The fourth-order valence-corrected chi connectivity index (χ4v) is 1.14. The third kappa shape index (κ3) is 1.83. The van der Waals surface area contributed by atoms with Gasteiger partial charge in [-0.1, -0.05) is 0 Å². The third-order valence-electron chi connectivity index (χ3n) is 2.10. The molecular weight excluding hydrogens is 168 g/mol. The second kappa shape index (κ2) is 3.38. The van der Waals surface area contributed by atoms with E-state index in [0.717, 1.165) is 6.42 Å². The molecule has 1 unspecified atom stereocenters. The number of hydrogen-bond acceptors (Lipinski definition) is 3. The zero-order valence-corrected chi connectivity index (χ0v) is 6.93. The molecule has 0 heterocycles. The summed E-state index contributed by atoms with van der Waals surface area (Å²) in [5.74, 6) is -0.720. The summed E-state index contributed by atoms with van der Waals surface area (Å²) in [6.45, 7) is 0. The van der Waals surface area contributed by atoms with Crippen molar-refractivity contribution in [2.45, 2.75) is 30.9 Å². The van der Waals surface area contributed by atoms with Crippen LogP contribution in [0.3, 0.4) is 0 Å². The maximum atomic E-state index is 10.4. The number of aliphatic hydroxyl groups excluding tert-OH is 1. The predicted octanol–water partition coefficient (Wildman–Crippen LogP) is -0.864. The molecule has 1 amide bonds. The Morgan fingerprint density at radius 1 is 1.55 bits per heavy atom. The van der Waals surface area contributed by atoms with Crippen LogP contribution < -0.4 is 11.5 Å². The van der Waals surface area contributed by atoms with Gasteiger partial charge in [-0.25, -0.2) is 0 Å². The molecule has 4 nitrogen and oxygen atoms in total. The van der Waals surface area contributed by atoms with E-state index in [4.69, 9.17) is 16.6 Å². The molecule has 1 aliphatic carbocycles. The number of primary amides is 1. The average Bonchev–Trinajstić information content (AvgIpc) is 1.81. The van der Waals surface area contributed by atoms with E-state index < -0.39 is 17.6 Å². The lowest BCUT2D eigenvalue weighted by Gasteiger charge is -2.40. The van der Waals surface area contributed by atoms with Crippen LogP contribution in [0, 0.1) is 0 Å². The summed E-state index contributed by atoms with van der Waals surface area (Å²) in [7, 11) is 0. The lowest BCUT2D eigenvalue weighted by atomic mass is 9.73. The van der Waals surface area contributed by atoms with Crippen LogP contribution in [-0.2, 0) is 4.79 Å². The van der Waals surface area contributed by atoms with Crippen molar-refractivity contribution >= 4 is 18.3 Å². The molecule has 1 rings (SSSR count). The van der Waals surface area contributed by atoms with Gasteiger partial charge in [-0.2, -0.15) is 0 Å². The van der Waals surface area contributed by atoms with Gasteiger partial charge in [0.05, 0.1) is 5.54 Å². The fourth-order valence-electron chi connectivity index (χ4n) is 1.14. The summed E-state index contributed by atoms with van der Waals surface area (Å²) in [6, 6.07) is 0. The van der Waals surface area contributed by atoms with Gasteiger partial charge < -0.3 is 16.6 Å². The number of halogens is 1. The topological polar surface area (TPSA) is 89.3 Å². The highest BCUT2D eigenvalue weighted by Gasteiger charge is 2.42. The largest absolute Gasteiger partial charge is 0.381 e. The Labute approximate surface area is 71.3 Å². The summed E-state index contributed by atoms with van der Waals surface area (Å²) in [5, 5.41) is 9.11. The van der Waals surface area contributed by atoms with Gasteiger partial charge in [0.15, 0.2) is 0 Å². The number of amides is 1. The van der Waals surface area contributed by atoms with Gasteiger partial charge in [0.1, 0.15) is 6.10 Å². The van der Waals surface area contributed by atoms with E-state index in [1.54, 1.807) is 0 Å². The van der Waals surface area contributed by atoms with E-state index in [2.05, 4.69) is 0 Å². The lowest BCUT2D eigenvalue weighted by Crippen LogP contribution is -2.60. The number of rotatable bonds is 2. The Balaban J connectivity index is 0.000001000. The second-order valence-corrected chi connectivity index (χ2v) is 2.89. The molecule has 0 aromatic carbocycles. The summed E-state index contributed by atoms with van der Waals surface area (Å²) in [4.78, 5) is 10.4. The summed E-state index contributed by atoms with van der Waals surface area (Å²) < 4.78 is 0. The molecule has 1 fully saturated rings. The van der Waals surface area contributed by atoms with Crippen molar-refractivity contribution in [2.75, 3.05) is 0 Å². The normalized spacial score (nSPS) is 22.7. The Hall–Kier alpha value is -0.320. The minimum absolute atomic E-state index is 0. The molecule has 1 saturated carbocycles. The van der Waals surface area contributed by atoms with Gasteiger partial charge in [0, 0.05) is 0 Å². The first-order valence-corrected chi connectivity index (χ1v) is 3.32. The number of hydrogen-bond donors (Lipinski definition) is 3. The van der Waals surface area contributed by atoms with Crippen molar-refractivity contribution in [3.05, 3.63) is 0 Å². The number of carbonyl (C=O) groups is 1. The zero-order chi connectivity index (χ0) is 7.78. The predicted molar refractivity (Wildman–Crippen MR) is 43.2 cm³/mol. The van der Waals surface area contributed by atoms with Gasteiger partial charge in [0.25, 0.3) is 0 Å². The van der Waals surface area contributed by atoms with E-state index in [9.17, 15) is 4.79 Å². The van der Waals surface area contributed by atoms with Crippen molar-refractivity contribution in [1.82, 2.24) is 0 Å². The first-order chi connectivity index (χ1) is 4.56. The second-order valence-electron chi connectivity index (χ2n) is 2.89. The molecule has 11 heavy (non-hydrogen) atoms. The molecule has 1 aliphatic rings. The zero-order valence-electron chi connectivity index (χ0n) is 6.12. The van der Waals surface area contributed by atoms with Crippen LogP contribution >= 0.6 is 12.4 Å². The molecule has 5 N–H and O–H groups in total. The Kier molecular flexibility index (Phi) is 3.29. The lowest BCUT2D eigenvalue weighted by molar-refractivity contribution is -0.131. The molecular formula is C6H13ClN2O2. The van der Waals surface area contributed by atoms with Crippen LogP contribution in [0.15, 0.2) is 0 Å². The first kappa shape index (κ1) is 10.7. The monoisotopic (exact) mass is 180 g/mol. The average molecular weight is 181 g/mol. The molecule has 0 saturated heterocycles. The maximum Gasteiger partial charge on any atom is 0.248 e.